The lowest BCUT2D eigenvalue weighted by Crippen LogP contribution is -2.38. The molecule has 0 spiro atoms. The van der Waals surface area contributed by atoms with E-state index in [0.29, 0.717) is 0 Å². The first-order valence-corrected chi connectivity index (χ1v) is 5.95. The molecule has 1 aliphatic heterocycles. The summed E-state index contributed by atoms with van der Waals surface area (Å²) in [7, 11) is 0. The first kappa shape index (κ1) is 13.6. The lowest BCUT2D eigenvalue weighted by atomic mass is 9.89. The first-order chi connectivity index (χ1) is 8.84. The van der Waals surface area contributed by atoms with Crippen molar-refractivity contribution in [3.05, 3.63) is 32.8 Å². The SMILES string of the molecule is CC(=O)C1C(=O)c2c(Cl)ccc([N+](=O)[O-])c2NC1=S. The van der Waals surface area contributed by atoms with Gasteiger partial charge in [-0.25, -0.2) is 0 Å². The molecule has 98 valence electrons. The highest BCUT2D eigenvalue weighted by Gasteiger charge is 2.39. The number of fused-ring (bicyclic) bond motifs is 1. The van der Waals surface area contributed by atoms with Crippen molar-refractivity contribution in [1.29, 1.82) is 0 Å². The minimum absolute atomic E-state index is 0.0460. The number of nitrogens with zero attached hydrogens (tertiary/aromatic N) is 1. The molecule has 0 aromatic heterocycles. The lowest BCUT2D eigenvalue weighted by Gasteiger charge is -2.24. The molecule has 19 heavy (non-hydrogen) atoms. The van der Waals surface area contributed by atoms with Gasteiger partial charge in [0.25, 0.3) is 5.69 Å². The second kappa shape index (κ2) is 4.67. The van der Waals surface area contributed by atoms with E-state index in [1.165, 1.54) is 19.1 Å². The fourth-order valence-corrected chi connectivity index (χ4v) is 2.54. The molecule has 2 rings (SSSR count). The third-order valence-corrected chi connectivity index (χ3v) is 3.41. The van der Waals surface area contributed by atoms with Crippen LogP contribution in [0.1, 0.15) is 17.3 Å². The summed E-state index contributed by atoms with van der Waals surface area (Å²) in [5.41, 5.74) is -0.424. The Labute approximate surface area is 117 Å². The fourth-order valence-electron chi connectivity index (χ4n) is 1.91. The average molecular weight is 299 g/mol. The predicted molar refractivity (Wildman–Crippen MR) is 72.8 cm³/mol. The van der Waals surface area contributed by atoms with Crippen LogP contribution >= 0.6 is 23.8 Å². The third-order valence-electron chi connectivity index (χ3n) is 2.75. The van der Waals surface area contributed by atoms with E-state index >= 15 is 0 Å². The Hall–Kier alpha value is -1.86. The number of carbonyl (C=O) groups excluding carboxylic acids is 2. The molecule has 6 nitrogen and oxygen atoms in total. The molecule has 1 aliphatic rings. The van der Waals surface area contributed by atoms with Crippen LogP contribution in [0.15, 0.2) is 12.1 Å². The van der Waals surface area contributed by atoms with Crippen molar-refractivity contribution in [2.75, 3.05) is 5.32 Å². The van der Waals surface area contributed by atoms with Crippen molar-refractivity contribution in [2.24, 2.45) is 5.92 Å². The fraction of sp³-hybridized carbons (Fsp3) is 0.182. The van der Waals surface area contributed by atoms with Gasteiger partial charge in [-0.1, -0.05) is 23.8 Å². The summed E-state index contributed by atoms with van der Waals surface area (Å²) in [5, 5.41) is 13.5. The Kier molecular flexibility index (Phi) is 3.34. The maximum Gasteiger partial charge on any atom is 0.293 e. The van der Waals surface area contributed by atoms with Crippen molar-refractivity contribution in [1.82, 2.24) is 0 Å². The quantitative estimate of drug-likeness (QED) is 0.390. The van der Waals surface area contributed by atoms with Gasteiger partial charge >= 0.3 is 0 Å². The molecule has 0 fully saturated rings. The average Bonchev–Trinajstić information content (AvgIpc) is 2.27. The number of anilines is 1. The molecule has 0 bridgehead atoms. The Bertz CT molecular complexity index is 644. The van der Waals surface area contributed by atoms with E-state index in [4.69, 9.17) is 23.8 Å². The second-order valence-electron chi connectivity index (χ2n) is 3.97. The number of halogens is 1. The van der Waals surface area contributed by atoms with Crippen LogP contribution in [0.3, 0.4) is 0 Å². The van der Waals surface area contributed by atoms with E-state index in [2.05, 4.69) is 5.32 Å². The monoisotopic (exact) mass is 298 g/mol. The number of Topliss-reactive ketones (excluding diaryl/α,β-unsaturated/α-hetero) is 2. The Morgan fingerprint density at radius 3 is 2.68 bits per heavy atom. The number of nitrogens with one attached hydrogen (secondary N) is 1. The predicted octanol–water partition coefficient (Wildman–Crippen LogP) is 2.39. The highest BCUT2D eigenvalue weighted by Crippen LogP contribution is 2.38. The minimum Gasteiger partial charge on any atom is -0.343 e. The van der Waals surface area contributed by atoms with Crippen molar-refractivity contribution >= 4 is 51.7 Å². The van der Waals surface area contributed by atoms with E-state index < -0.39 is 22.4 Å². The van der Waals surface area contributed by atoms with Gasteiger partial charge in [0.1, 0.15) is 17.4 Å². The molecule has 0 amide bonds. The minimum atomic E-state index is -1.14. The number of hydrogen-bond acceptors (Lipinski definition) is 5. The summed E-state index contributed by atoms with van der Waals surface area (Å²) in [6, 6.07) is 2.43. The standard InChI is InChI=1S/C11H7ClN2O4S/c1-4(15)7-10(16)8-5(12)2-3-6(14(17)18)9(8)13-11(7)19/h2-3,7H,1H3,(H,13,19). The number of nitro groups is 1. The van der Waals surface area contributed by atoms with Crippen LogP contribution in [0.5, 0.6) is 0 Å². The van der Waals surface area contributed by atoms with Gasteiger partial charge in [-0.05, 0) is 13.0 Å². The highest BCUT2D eigenvalue weighted by atomic mass is 35.5. The van der Waals surface area contributed by atoms with Gasteiger partial charge in [-0.3, -0.25) is 19.7 Å². The second-order valence-corrected chi connectivity index (χ2v) is 4.82. The van der Waals surface area contributed by atoms with Crippen LogP contribution in [0, 0.1) is 16.0 Å². The first-order valence-electron chi connectivity index (χ1n) is 5.17. The summed E-state index contributed by atoms with van der Waals surface area (Å²) in [5.74, 6) is -2.18. The van der Waals surface area contributed by atoms with Crippen LogP contribution in [0.2, 0.25) is 5.02 Å². The molecule has 1 atom stereocenters. The third kappa shape index (κ3) is 2.11. The highest BCUT2D eigenvalue weighted by molar-refractivity contribution is 7.80. The zero-order chi connectivity index (χ0) is 14.3. The maximum absolute atomic E-state index is 12.2. The van der Waals surface area contributed by atoms with Crippen LogP contribution < -0.4 is 5.32 Å². The van der Waals surface area contributed by atoms with E-state index in [9.17, 15) is 19.7 Å². The van der Waals surface area contributed by atoms with Gasteiger partial charge in [-0.15, -0.1) is 0 Å². The van der Waals surface area contributed by atoms with Crippen LogP contribution in [0.4, 0.5) is 11.4 Å². The number of benzene rings is 1. The van der Waals surface area contributed by atoms with Crippen LogP contribution in [-0.4, -0.2) is 21.5 Å². The van der Waals surface area contributed by atoms with Crippen molar-refractivity contribution in [3.63, 3.8) is 0 Å². The molecule has 1 unspecified atom stereocenters. The number of carbonyl (C=O) groups is 2. The van der Waals surface area contributed by atoms with Gasteiger partial charge in [0, 0.05) is 6.07 Å². The number of ketones is 2. The topological polar surface area (TPSA) is 89.3 Å². The number of nitro benzene ring substituents is 1. The van der Waals surface area contributed by atoms with E-state index in [-0.39, 0.29) is 26.9 Å². The Morgan fingerprint density at radius 1 is 1.53 bits per heavy atom. The van der Waals surface area contributed by atoms with Crippen LogP contribution in [-0.2, 0) is 4.79 Å². The molecule has 1 heterocycles. The van der Waals surface area contributed by atoms with Gasteiger partial charge in [0.2, 0.25) is 0 Å². The molecule has 0 radical (unpaired) electrons. The smallest absolute Gasteiger partial charge is 0.293 e. The molecule has 1 aromatic carbocycles. The van der Waals surface area contributed by atoms with Gasteiger partial charge in [0.15, 0.2) is 5.78 Å². The van der Waals surface area contributed by atoms with Crippen molar-refractivity contribution < 1.29 is 14.5 Å². The van der Waals surface area contributed by atoms with Gasteiger partial charge < -0.3 is 5.32 Å². The zero-order valence-corrected chi connectivity index (χ0v) is 11.2. The summed E-state index contributed by atoms with van der Waals surface area (Å²) in [6.45, 7) is 1.23. The van der Waals surface area contributed by atoms with E-state index in [1.807, 2.05) is 0 Å². The lowest BCUT2D eigenvalue weighted by molar-refractivity contribution is -0.383. The summed E-state index contributed by atoms with van der Waals surface area (Å²) < 4.78 is 0. The molecule has 0 saturated carbocycles. The summed E-state index contributed by atoms with van der Waals surface area (Å²) >= 11 is 10.8. The molecule has 8 heteroatoms. The number of thiocarbonyl (C=S) groups is 1. The Balaban J connectivity index is 2.71. The molecule has 0 saturated heterocycles. The number of rotatable bonds is 2. The number of hydrogen-bond donors (Lipinski definition) is 1. The van der Waals surface area contributed by atoms with E-state index in [1.54, 1.807) is 0 Å². The maximum atomic E-state index is 12.2. The van der Waals surface area contributed by atoms with Crippen molar-refractivity contribution in [2.45, 2.75) is 6.92 Å². The Morgan fingerprint density at radius 2 is 2.16 bits per heavy atom. The summed E-state index contributed by atoms with van der Waals surface area (Å²) in [6.07, 6.45) is 0. The zero-order valence-electron chi connectivity index (χ0n) is 9.60. The molecule has 1 N–H and O–H groups in total. The van der Waals surface area contributed by atoms with Crippen LogP contribution in [0.25, 0.3) is 0 Å². The molecular formula is C11H7ClN2O4S. The van der Waals surface area contributed by atoms with Crippen molar-refractivity contribution in [3.8, 4) is 0 Å². The van der Waals surface area contributed by atoms with E-state index in [0.717, 1.165) is 0 Å². The normalized spacial score (nSPS) is 17.7. The summed E-state index contributed by atoms with van der Waals surface area (Å²) in [4.78, 5) is 33.9. The largest absolute Gasteiger partial charge is 0.343 e. The molecular weight excluding hydrogens is 292 g/mol. The molecule has 1 aromatic rings. The van der Waals surface area contributed by atoms with Gasteiger partial charge in [0.05, 0.1) is 20.5 Å². The van der Waals surface area contributed by atoms with Gasteiger partial charge in [-0.2, -0.15) is 0 Å². The molecule has 0 aliphatic carbocycles.